The summed E-state index contributed by atoms with van der Waals surface area (Å²) in [5.74, 6) is 0. The van der Waals surface area contributed by atoms with Crippen molar-refractivity contribution in [2.24, 2.45) is 0 Å². The van der Waals surface area contributed by atoms with Crippen molar-refractivity contribution in [2.75, 3.05) is 4.90 Å². The number of hydrogen-bond acceptors (Lipinski definition) is 2. The van der Waals surface area contributed by atoms with Crippen LogP contribution < -0.4 is 4.90 Å². The molecule has 0 saturated heterocycles. The largest absolute Gasteiger partial charge is 0.376 e. The number of rotatable bonds is 6. The average Bonchev–Trinajstić information content (AvgIpc) is 3.38. The zero-order valence-corrected chi connectivity index (χ0v) is 26.6. The van der Waals surface area contributed by atoms with Gasteiger partial charge >= 0.3 is 0 Å². The van der Waals surface area contributed by atoms with Gasteiger partial charge in [0.2, 0.25) is 0 Å². The van der Waals surface area contributed by atoms with Gasteiger partial charge in [-0.05, 0) is 75.8 Å². The molecule has 7 aromatic rings. The second-order valence-electron chi connectivity index (χ2n) is 11.6. The fraction of sp³-hybridized carbons (Fsp3) is 0.0233. The van der Waals surface area contributed by atoms with Crippen LogP contribution in [0, 0.1) is 0 Å². The molecule has 0 heterocycles. The number of nitrogens with zero attached hydrogens (tertiary/aromatic N) is 1. The maximum absolute atomic E-state index is 12.8. The Morgan fingerprint density at radius 3 is 1.39 bits per heavy atom. The standard InChI is InChI=1S/C43H30BrNO/c44-42-18-10-9-17-40(42)43(46)39-16-8-7-15-37(39)38-28-27-36(29-41(38)43)45(34-23-19-32(20-24-34)30-11-3-1-4-12-30)35-25-21-33(22-26-35)31-13-5-2-6-14-31/h1-29,46H. The average molecular weight is 657 g/mol. The van der Waals surface area contributed by atoms with Crippen molar-refractivity contribution in [3.05, 3.63) is 197 Å². The first kappa shape index (κ1) is 28.3. The molecule has 2 nitrogen and oxygen atoms in total. The first-order valence-electron chi connectivity index (χ1n) is 15.4. The van der Waals surface area contributed by atoms with Gasteiger partial charge in [-0.1, -0.05) is 149 Å². The van der Waals surface area contributed by atoms with Gasteiger partial charge in [0.05, 0.1) is 0 Å². The lowest BCUT2D eigenvalue weighted by Crippen LogP contribution is -2.27. The van der Waals surface area contributed by atoms with E-state index in [0.717, 1.165) is 60.5 Å². The maximum Gasteiger partial charge on any atom is 0.142 e. The fourth-order valence-electron chi connectivity index (χ4n) is 6.74. The number of anilines is 3. The normalized spacial score (nSPS) is 14.8. The smallest absolute Gasteiger partial charge is 0.142 e. The molecule has 46 heavy (non-hydrogen) atoms. The van der Waals surface area contributed by atoms with E-state index in [-0.39, 0.29) is 0 Å². The van der Waals surface area contributed by atoms with Crippen LogP contribution in [0.5, 0.6) is 0 Å². The fourth-order valence-corrected chi connectivity index (χ4v) is 7.31. The molecule has 220 valence electrons. The molecule has 0 spiro atoms. The van der Waals surface area contributed by atoms with E-state index in [1.807, 2.05) is 54.6 Å². The molecule has 0 bridgehead atoms. The molecule has 0 fully saturated rings. The first-order valence-corrected chi connectivity index (χ1v) is 16.2. The van der Waals surface area contributed by atoms with E-state index >= 15 is 0 Å². The molecule has 1 aliphatic carbocycles. The summed E-state index contributed by atoms with van der Waals surface area (Å²) in [6.07, 6.45) is 0. The van der Waals surface area contributed by atoms with Crippen molar-refractivity contribution in [3.8, 4) is 33.4 Å². The second kappa shape index (κ2) is 11.6. The lowest BCUT2D eigenvalue weighted by atomic mass is 9.84. The Bertz CT molecular complexity index is 2080. The van der Waals surface area contributed by atoms with E-state index in [1.165, 1.54) is 11.1 Å². The summed E-state index contributed by atoms with van der Waals surface area (Å²) in [5.41, 5.74) is 11.1. The predicted octanol–water partition coefficient (Wildman–Crippen LogP) is 11.5. The Kier molecular flexibility index (Phi) is 7.14. The monoisotopic (exact) mass is 655 g/mol. The Morgan fingerprint density at radius 1 is 0.391 bits per heavy atom. The van der Waals surface area contributed by atoms with Gasteiger partial charge in [0, 0.05) is 38.2 Å². The lowest BCUT2D eigenvalue weighted by Gasteiger charge is -2.30. The third-order valence-electron chi connectivity index (χ3n) is 8.99. The van der Waals surface area contributed by atoms with Crippen molar-refractivity contribution < 1.29 is 5.11 Å². The molecule has 1 unspecified atom stereocenters. The third-order valence-corrected chi connectivity index (χ3v) is 9.68. The van der Waals surface area contributed by atoms with Crippen LogP contribution in [-0.2, 0) is 5.60 Å². The van der Waals surface area contributed by atoms with E-state index < -0.39 is 5.60 Å². The molecule has 0 radical (unpaired) electrons. The highest BCUT2D eigenvalue weighted by Crippen LogP contribution is 2.53. The second-order valence-corrected chi connectivity index (χ2v) is 12.5. The SMILES string of the molecule is OC1(c2ccccc2Br)c2ccccc2-c2ccc(N(c3ccc(-c4ccccc4)cc3)c3ccc(-c4ccccc4)cc3)cc21. The van der Waals surface area contributed by atoms with Gasteiger partial charge in [-0.25, -0.2) is 0 Å². The minimum atomic E-state index is -1.32. The maximum atomic E-state index is 12.8. The summed E-state index contributed by atoms with van der Waals surface area (Å²) < 4.78 is 0.871. The lowest BCUT2D eigenvalue weighted by molar-refractivity contribution is 0.130. The van der Waals surface area contributed by atoms with Crippen LogP contribution in [0.25, 0.3) is 33.4 Å². The van der Waals surface area contributed by atoms with Crippen LogP contribution in [0.2, 0.25) is 0 Å². The van der Waals surface area contributed by atoms with Gasteiger partial charge in [-0.2, -0.15) is 0 Å². The van der Waals surface area contributed by atoms with Gasteiger partial charge in [-0.3, -0.25) is 0 Å². The van der Waals surface area contributed by atoms with E-state index in [0.29, 0.717) is 0 Å². The van der Waals surface area contributed by atoms with Crippen molar-refractivity contribution in [1.82, 2.24) is 0 Å². The quantitative estimate of drug-likeness (QED) is 0.193. The molecular formula is C43H30BrNO. The van der Waals surface area contributed by atoms with Gasteiger partial charge in [0.1, 0.15) is 5.60 Å². The number of fused-ring (bicyclic) bond motifs is 3. The Hall–Kier alpha value is -5.22. The minimum Gasteiger partial charge on any atom is -0.376 e. The zero-order chi connectivity index (χ0) is 31.1. The number of benzene rings is 7. The molecule has 1 N–H and O–H groups in total. The Morgan fingerprint density at radius 2 is 0.826 bits per heavy atom. The summed E-state index contributed by atoms with van der Waals surface area (Å²) in [7, 11) is 0. The van der Waals surface area contributed by atoms with Gasteiger partial charge in [0.25, 0.3) is 0 Å². The highest BCUT2D eigenvalue weighted by atomic mass is 79.9. The van der Waals surface area contributed by atoms with Gasteiger partial charge in [-0.15, -0.1) is 0 Å². The van der Waals surface area contributed by atoms with Crippen molar-refractivity contribution >= 4 is 33.0 Å². The van der Waals surface area contributed by atoms with Crippen LogP contribution in [0.1, 0.15) is 16.7 Å². The summed E-state index contributed by atoms with van der Waals surface area (Å²) in [4.78, 5) is 2.27. The molecule has 3 heteroatoms. The Balaban J connectivity index is 1.29. The van der Waals surface area contributed by atoms with E-state index in [2.05, 4.69) is 142 Å². The molecule has 0 aromatic heterocycles. The van der Waals surface area contributed by atoms with Crippen LogP contribution in [-0.4, -0.2) is 5.11 Å². The predicted molar refractivity (Wildman–Crippen MR) is 194 cm³/mol. The van der Waals surface area contributed by atoms with Crippen LogP contribution in [0.3, 0.4) is 0 Å². The van der Waals surface area contributed by atoms with Crippen LogP contribution >= 0.6 is 15.9 Å². The molecule has 0 saturated carbocycles. The zero-order valence-electron chi connectivity index (χ0n) is 25.0. The number of halogens is 1. The highest BCUT2D eigenvalue weighted by Gasteiger charge is 2.44. The first-order chi connectivity index (χ1) is 22.6. The summed E-state index contributed by atoms with van der Waals surface area (Å²) >= 11 is 3.75. The number of aliphatic hydroxyl groups is 1. The Labute approximate surface area is 278 Å². The van der Waals surface area contributed by atoms with Gasteiger partial charge < -0.3 is 10.0 Å². The van der Waals surface area contributed by atoms with Crippen LogP contribution in [0.4, 0.5) is 17.1 Å². The van der Waals surface area contributed by atoms with Crippen LogP contribution in [0.15, 0.2) is 180 Å². The molecule has 1 aliphatic rings. The van der Waals surface area contributed by atoms with Crippen molar-refractivity contribution in [1.29, 1.82) is 0 Å². The van der Waals surface area contributed by atoms with Crippen molar-refractivity contribution in [2.45, 2.75) is 5.60 Å². The molecular weight excluding hydrogens is 626 g/mol. The molecule has 0 aliphatic heterocycles. The highest BCUT2D eigenvalue weighted by molar-refractivity contribution is 9.10. The van der Waals surface area contributed by atoms with Gasteiger partial charge in [0.15, 0.2) is 0 Å². The molecule has 7 aromatic carbocycles. The number of hydrogen-bond donors (Lipinski definition) is 1. The topological polar surface area (TPSA) is 23.5 Å². The molecule has 0 amide bonds. The van der Waals surface area contributed by atoms with E-state index in [4.69, 9.17) is 0 Å². The molecule has 1 atom stereocenters. The van der Waals surface area contributed by atoms with Crippen molar-refractivity contribution in [3.63, 3.8) is 0 Å². The molecule has 8 rings (SSSR count). The third kappa shape index (κ3) is 4.76. The minimum absolute atomic E-state index is 0.823. The summed E-state index contributed by atoms with van der Waals surface area (Å²) in [5, 5.41) is 12.8. The van der Waals surface area contributed by atoms with E-state index in [1.54, 1.807) is 0 Å². The summed E-state index contributed by atoms with van der Waals surface area (Å²) in [6.45, 7) is 0. The van der Waals surface area contributed by atoms with E-state index in [9.17, 15) is 5.11 Å². The summed E-state index contributed by atoms with van der Waals surface area (Å²) in [6, 6.07) is 60.9.